The van der Waals surface area contributed by atoms with E-state index in [1.165, 1.54) is 0 Å². The number of rotatable bonds is 9. The molecule has 3 heterocycles. The summed E-state index contributed by atoms with van der Waals surface area (Å²) in [4.78, 5) is 39.7. The molecule has 0 atom stereocenters. The third-order valence-electron chi connectivity index (χ3n) is 9.42. The number of nitrogens with zero attached hydrogens (tertiary/aromatic N) is 5. The molecule has 1 saturated heterocycles. The highest BCUT2D eigenvalue weighted by atomic mass is 16.5. The lowest BCUT2D eigenvalue weighted by molar-refractivity contribution is -0.126. The summed E-state index contributed by atoms with van der Waals surface area (Å²) in [5, 5.41) is 22.5. The molecule has 1 aromatic carbocycles. The van der Waals surface area contributed by atoms with Crippen molar-refractivity contribution in [3.8, 4) is 11.9 Å². The zero-order chi connectivity index (χ0) is 32.1. The standard InChI is InChI=1S/C35H46N6O4/c1-23(2)38-33(42)26-9-11-29(12-10-26)41-30-20-32(45-18-17-40-15-13-28(14-16-40)35(3,4)44)37-22-27(30)19-31(41)39-34(43)25-7-5-24(21-36)6-8-25/h5-8,20,22-23,26,28-29,44H,9-19H2,1-4H3,(H,38,42). The molecule has 10 nitrogen and oxygen atoms in total. The predicted molar refractivity (Wildman–Crippen MR) is 173 cm³/mol. The zero-order valence-corrected chi connectivity index (χ0v) is 27.0. The van der Waals surface area contributed by atoms with E-state index in [9.17, 15) is 14.7 Å². The SMILES string of the molecule is CC(C)NC(=O)C1CCC(N2C(=NC(=O)c3ccc(C#N)cc3)Cc3cnc(OCCN4CCC(C(C)(C)O)CC4)cc32)CC1. The van der Waals surface area contributed by atoms with Gasteiger partial charge in [0.15, 0.2) is 0 Å². The van der Waals surface area contributed by atoms with Crippen LogP contribution in [0, 0.1) is 23.2 Å². The highest BCUT2D eigenvalue weighted by molar-refractivity contribution is 6.12. The first-order valence-electron chi connectivity index (χ1n) is 16.3. The Morgan fingerprint density at radius 3 is 2.44 bits per heavy atom. The number of piperidine rings is 1. The third kappa shape index (κ3) is 8.08. The van der Waals surface area contributed by atoms with E-state index in [-0.39, 0.29) is 29.8 Å². The van der Waals surface area contributed by atoms with Crippen LogP contribution < -0.4 is 15.0 Å². The summed E-state index contributed by atoms with van der Waals surface area (Å²) < 4.78 is 6.14. The Labute approximate surface area is 266 Å². The largest absolute Gasteiger partial charge is 0.476 e. The van der Waals surface area contributed by atoms with Gasteiger partial charge < -0.3 is 20.1 Å². The number of aliphatic imine (C=N–C) groups is 1. The molecule has 5 rings (SSSR count). The number of fused-ring (bicyclic) bond motifs is 1. The molecule has 2 fully saturated rings. The average molecular weight is 615 g/mol. The first-order valence-corrected chi connectivity index (χ1v) is 16.3. The van der Waals surface area contributed by atoms with Crippen molar-refractivity contribution in [2.24, 2.45) is 16.8 Å². The molecule has 1 aliphatic carbocycles. The van der Waals surface area contributed by atoms with E-state index >= 15 is 0 Å². The van der Waals surface area contributed by atoms with Crippen LogP contribution in [-0.2, 0) is 11.2 Å². The summed E-state index contributed by atoms with van der Waals surface area (Å²) in [7, 11) is 0. The summed E-state index contributed by atoms with van der Waals surface area (Å²) in [5.41, 5.74) is 2.22. The van der Waals surface area contributed by atoms with Gasteiger partial charge in [-0.25, -0.2) is 4.98 Å². The van der Waals surface area contributed by atoms with E-state index in [1.54, 1.807) is 24.3 Å². The summed E-state index contributed by atoms with van der Waals surface area (Å²) >= 11 is 0. The van der Waals surface area contributed by atoms with Crippen molar-refractivity contribution in [2.45, 2.75) is 90.3 Å². The van der Waals surface area contributed by atoms with Crippen LogP contribution in [0.1, 0.15) is 87.7 Å². The molecule has 0 bridgehead atoms. The first-order chi connectivity index (χ1) is 21.5. The molecule has 2 aliphatic heterocycles. The van der Waals surface area contributed by atoms with Crippen molar-refractivity contribution < 1.29 is 19.4 Å². The fourth-order valence-electron chi connectivity index (χ4n) is 6.80. The number of aromatic nitrogens is 1. The van der Waals surface area contributed by atoms with Gasteiger partial charge in [0.1, 0.15) is 12.4 Å². The average Bonchev–Trinajstić information content (AvgIpc) is 3.37. The minimum atomic E-state index is -0.642. The number of benzene rings is 1. The fraction of sp³-hybridized carbons (Fsp3) is 0.571. The number of anilines is 1. The second-order valence-electron chi connectivity index (χ2n) is 13.5. The number of hydrogen-bond donors (Lipinski definition) is 2. The van der Waals surface area contributed by atoms with Crippen LogP contribution in [0.25, 0.3) is 0 Å². The molecule has 0 spiro atoms. The zero-order valence-electron chi connectivity index (χ0n) is 27.0. The van der Waals surface area contributed by atoms with E-state index in [0.717, 1.165) is 69.4 Å². The number of aliphatic hydroxyl groups is 1. The minimum absolute atomic E-state index is 0.0174. The molecule has 0 radical (unpaired) electrons. The molecule has 1 aromatic heterocycles. The van der Waals surface area contributed by atoms with Gasteiger partial charge in [0.05, 0.1) is 22.9 Å². The maximum absolute atomic E-state index is 13.2. The molecule has 1 saturated carbocycles. The summed E-state index contributed by atoms with van der Waals surface area (Å²) in [5.74, 6) is 1.27. The molecule has 2 aromatic rings. The van der Waals surface area contributed by atoms with Gasteiger partial charge in [-0.2, -0.15) is 10.3 Å². The van der Waals surface area contributed by atoms with Crippen molar-refractivity contribution >= 4 is 23.3 Å². The van der Waals surface area contributed by atoms with Crippen LogP contribution in [0.15, 0.2) is 41.5 Å². The van der Waals surface area contributed by atoms with Crippen LogP contribution >= 0.6 is 0 Å². The number of amidine groups is 1. The van der Waals surface area contributed by atoms with Gasteiger partial charge in [-0.05, 0) is 109 Å². The lowest BCUT2D eigenvalue weighted by atomic mass is 9.83. The number of hydrogen-bond acceptors (Lipinski definition) is 7. The minimum Gasteiger partial charge on any atom is -0.476 e. The summed E-state index contributed by atoms with van der Waals surface area (Å²) in [6, 6.07) is 10.8. The Morgan fingerprint density at radius 1 is 1.13 bits per heavy atom. The number of nitriles is 1. The van der Waals surface area contributed by atoms with E-state index in [0.29, 0.717) is 41.8 Å². The molecular weight excluding hydrogens is 568 g/mol. The second kappa shape index (κ2) is 14.1. The van der Waals surface area contributed by atoms with Gasteiger partial charge in [-0.15, -0.1) is 0 Å². The highest BCUT2D eigenvalue weighted by Gasteiger charge is 2.37. The van der Waals surface area contributed by atoms with E-state index < -0.39 is 5.60 Å². The van der Waals surface area contributed by atoms with Crippen molar-refractivity contribution in [3.05, 3.63) is 53.2 Å². The Bertz CT molecular complexity index is 1430. The van der Waals surface area contributed by atoms with Crippen molar-refractivity contribution in [1.29, 1.82) is 5.26 Å². The van der Waals surface area contributed by atoms with Crippen molar-refractivity contribution in [3.63, 3.8) is 0 Å². The lowest BCUT2D eigenvalue weighted by Crippen LogP contribution is -2.44. The number of nitrogens with one attached hydrogen (secondary N) is 1. The third-order valence-corrected chi connectivity index (χ3v) is 9.42. The summed E-state index contributed by atoms with van der Waals surface area (Å²) in [6.45, 7) is 10.9. The molecule has 2 amide bonds. The van der Waals surface area contributed by atoms with E-state index in [4.69, 9.17) is 10.00 Å². The predicted octanol–water partition coefficient (Wildman–Crippen LogP) is 4.50. The van der Waals surface area contributed by atoms with Crippen LogP contribution in [-0.4, -0.2) is 76.6 Å². The first kappa shape index (κ1) is 32.6. The maximum atomic E-state index is 13.2. The van der Waals surface area contributed by atoms with Crippen LogP contribution in [0.3, 0.4) is 0 Å². The van der Waals surface area contributed by atoms with Gasteiger partial charge in [0.2, 0.25) is 11.8 Å². The van der Waals surface area contributed by atoms with E-state index in [1.807, 2.05) is 40.0 Å². The molecule has 45 heavy (non-hydrogen) atoms. The molecule has 2 N–H and O–H groups in total. The smallest absolute Gasteiger partial charge is 0.278 e. The molecule has 3 aliphatic rings. The van der Waals surface area contributed by atoms with Gasteiger partial charge in [0.25, 0.3) is 5.91 Å². The number of carbonyl (C=O) groups is 2. The van der Waals surface area contributed by atoms with Crippen LogP contribution in [0.5, 0.6) is 5.88 Å². The Balaban J connectivity index is 1.29. The van der Waals surface area contributed by atoms with Gasteiger partial charge >= 0.3 is 0 Å². The quantitative estimate of drug-likeness (QED) is 0.422. The Hall–Kier alpha value is -3.81. The summed E-state index contributed by atoms with van der Waals surface area (Å²) in [6.07, 6.45) is 7.39. The monoisotopic (exact) mass is 614 g/mol. The van der Waals surface area contributed by atoms with Gasteiger partial charge in [-0.1, -0.05) is 0 Å². The molecule has 0 unspecified atom stereocenters. The van der Waals surface area contributed by atoms with Crippen molar-refractivity contribution in [2.75, 3.05) is 31.1 Å². The van der Waals surface area contributed by atoms with Crippen LogP contribution in [0.4, 0.5) is 5.69 Å². The molecule has 10 heteroatoms. The van der Waals surface area contributed by atoms with Crippen LogP contribution in [0.2, 0.25) is 0 Å². The molecule has 240 valence electrons. The van der Waals surface area contributed by atoms with E-state index in [2.05, 4.69) is 31.2 Å². The van der Waals surface area contributed by atoms with Gasteiger partial charge in [-0.3, -0.25) is 14.5 Å². The maximum Gasteiger partial charge on any atom is 0.278 e. The number of ether oxygens (including phenoxy) is 1. The van der Waals surface area contributed by atoms with Crippen molar-refractivity contribution in [1.82, 2.24) is 15.2 Å². The normalized spacial score (nSPS) is 21.9. The Morgan fingerprint density at radius 2 is 1.82 bits per heavy atom. The number of amides is 2. The molecular formula is C35H46N6O4. The Kier molecular flexibility index (Phi) is 10.2. The topological polar surface area (TPSA) is 131 Å². The number of likely N-dealkylation sites (tertiary alicyclic amines) is 1. The fourth-order valence-corrected chi connectivity index (χ4v) is 6.80. The number of carbonyl (C=O) groups excluding carboxylic acids is 2. The number of pyridine rings is 1. The highest BCUT2D eigenvalue weighted by Crippen LogP contribution is 2.38. The second-order valence-corrected chi connectivity index (χ2v) is 13.5. The lowest BCUT2D eigenvalue weighted by Gasteiger charge is -2.37. The van der Waals surface area contributed by atoms with Gasteiger partial charge in [0, 0.05) is 54.4 Å².